The molecule has 0 aliphatic rings. The maximum Gasteiger partial charge on any atom is 0.173 e. The summed E-state index contributed by atoms with van der Waals surface area (Å²) in [6.45, 7) is 0.375. The van der Waals surface area contributed by atoms with Gasteiger partial charge in [0.2, 0.25) is 0 Å². The highest BCUT2D eigenvalue weighted by molar-refractivity contribution is 7.80. The van der Waals surface area contributed by atoms with Gasteiger partial charge < -0.3 is 10.2 Å². The number of nitrogens with one attached hydrogen (secondary N) is 1. The van der Waals surface area contributed by atoms with Gasteiger partial charge in [0, 0.05) is 24.8 Å². The van der Waals surface area contributed by atoms with Gasteiger partial charge in [-0.25, -0.2) is 4.39 Å². The van der Waals surface area contributed by atoms with Crippen molar-refractivity contribution in [3.05, 3.63) is 63.9 Å². The molecule has 0 saturated heterocycles. The van der Waals surface area contributed by atoms with Crippen LogP contribution >= 0.6 is 35.4 Å². The van der Waals surface area contributed by atoms with Gasteiger partial charge in [-0.15, -0.1) is 0 Å². The third-order valence-electron chi connectivity index (χ3n) is 2.88. The number of hydrogen-bond acceptors (Lipinski definition) is 1. The van der Waals surface area contributed by atoms with Crippen molar-refractivity contribution >= 4 is 46.2 Å². The van der Waals surface area contributed by atoms with Gasteiger partial charge in [0.15, 0.2) is 5.11 Å². The summed E-state index contributed by atoms with van der Waals surface area (Å²) in [6, 6.07) is 11.8. The molecule has 0 fully saturated rings. The molecule has 110 valence electrons. The smallest absolute Gasteiger partial charge is 0.173 e. The molecule has 2 rings (SSSR count). The van der Waals surface area contributed by atoms with Crippen molar-refractivity contribution < 1.29 is 4.39 Å². The summed E-state index contributed by atoms with van der Waals surface area (Å²) in [4.78, 5) is 1.75. The average molecular weight is 343 g/mol. The van der Waals surface area contributed by atoms with E-state index < -0.39 is 0 Å². The van der Waals surface area contributed by atoms with Gasteiger partial charge in [0.05, 0.1) is 10.0 Å². The molecular weight excluding hydrogens is 330 g/mol. The van der Waals surface area contributed by atoms with Crippen LogP contribution in [0.15, 0.2) is 42.5 Å². The Morgan fingerprint density at radius 2 is 1.90 bits per heavy atom. The van der Waals surface area contributed by atoms with Crippen molar-refractivity contribution in [2.24, 2.45) is 0 Å². The number of benzene rings is 2. The highest BCUT2D eigenvalue weighted by atomic mass is 35.5. The minimum atomic E-state index is -0.248. The summed E-state index contributed by atoms with van der Waals surface area (Å²) in [5.41, 5.74) is 1.31. The Morgan fingerprint density at radius 1 is 1.19 bits per heavy atom. The summed E-state index contributed by atoms with van der Waals surface area (Å²) >= 11 is 17.1. The molecule has 0 saturated carbocycles. The van der Waals surface area contributed by atoms with E-state index in [2.05, 4.69) is 5.32 Å². The molecule has 1 N–H and O–H groups in total. The highest BCUT2D eigenvalue weighted by Crippen LogP contribution is 2.25. The summed E-state index contributed by atoms with van der Waals surface area (Å²) in [5.74, 6) is -0.248. The number of nitrogens with zero attached hydrogens (tertiary/aromatic N) is 1. The Bertz CT molecular complexity index is 664. The Kier molecular flexibility index (Phi) is 5.39. The van der Waals surface area contributed by atoms with Crippen molar-refractivity contribution in [1.29, 1.82) is 0 Å². The van der Waals surface area contributed by atoms with E-state index in [1.165, 1.54) is 6.07 Å². The van der Waals surface area contributed by atoms with Crippen LogP contribution in [0.1, 0.15) is 5.56 Å². The zero-order valence-electron chi connectivity index (χ0n) is 11.2. The third kappa shape index (κ3) is 4.30. The van der Waals surface area contributed by atoms with Crippen LogP contribution in [-0.4, -0.2) is 17.1 Å². The lowest BCUT2D eigenvalue weighted by Gasteiger charge is -2.21. The molecule has 0 aliphatic carbocycles. The Balaban J connectivity index is 2.02. The van der Waals surface area contributed by atoms with Crippen molar-refractivity contribution in [1.82, 2.24) is 4.90 Å². The predicted molar refractivity (Wildman–Crippen MR) is 90.5 cm³/mol. The van der Waals surface area contributed by atoms with Gasteiger partial charge >= 0.3 is 0 Å². The van der Waals surface area contributed by atoms with E-state index in [4.69, 9.17) is 35.4 Å². The fraction of sp³-hybridized carbons (Fsp3) is 0.133. The number of hydrogen-bond donors (Lipinski definition) is 1. The zero-order valence-corrected chi connectivity index (χ0v) is 13.6. The summed E-state index contributed by atoms with van der Waals surface area (Å²) < 4.78 is 13.6. The number of anilines is 1. The molecule has 0 spiro atoms. The Labute approximate surface area is 138 Å². The molecule has 0 aliphatic heterocycles. The Morgan fingerprint density at radius 3 is 2.57 bits per heavy atom. The first-order chi connectivity index (χ1) is 9.97. The van der Waals surface area contributed by atoms with Crippen LogP contribution in [0.3, 0.4) is 0 Å². The quantitative estimate of drug-likeness (QED) is 0.793. The molecule has 2 aromatic carbocycles. The van der Waals surface area contributed by atoms with E-state index in [9.17, 15) is 4.39 Å². The average Bonchev–Trinajstić information content (AvgIpc) is 2.45. The van der Waals surface area contributed by atoms with Crippen LogP contribution in [0.4, 0.5) is 10.1 Å². The molecule has 2 aromatic rings. The van der Waals surface area contributed by atoms with Crippen LogP contribution in [-0.2, 0) is 6.54 Å². The topological polar surface area (TPSA) is 15.3 Å². The van der Waals surface area contributed by atoms with Crippen molar-refractivity contribution in [3.8, 4) is 0 Å². The molecule has 0 atom stereocenters. The van der Waals surface area contributed by atoms with Crippen molar-refractivity contribution in [2.45, 2.75) is 6.54 Å². The second kappa shape index (κ2) is 7.07. The normalized spacial score (nSPS) is 10.3. The lowest BCUT2D eigenvalue weighted by atomic mass is 10.2. The van der Waals surface area contributed by atoms with Crippen molar-refractivity contribution in [3.63, 3.8) is 0 Å². The number of thiocarbonyl (C=S) groups is 1. The SMILES string of the molecule is CN(Cc1ccccc1F)C(=S)Nc1ccc(Cl)c(Cl)c1. The number of halogens is 3. The largest absolute Gasteiger partial charge is 0.348 e. The van der Waals surface area contributed by atoms with Crippen LogP contribution in [0.5, 0.6) is 0 Å². The third-order valence-corrected chi connectivity index (χ3v) is 4.04. The molecule has 2 nitrogen and oxygen atoms in total. The van der Waals surface area contributed by atoms with E-state index in [0.29, 0.717) is 27.3 Å². The minimum absolute atomic E-state index is 0.248. The maximum atomic E-state index is 13.6. The summed E-state index contributed by atoms with van der Waals surface area (Å²) in [7, 11) is 1.79. The predicted octanol–water partition coefficient (Wildman–Crippen LogP) is 4.96. The monoisotopic (exact) mass is 342 g/mol. The second-order valence-electron chi connectivity index (χ2n) is 4.51. The first-order valence-corrected chi connectivity index (χ1v) is 7.34. The van der Waals surface area contributed by atoms with Gasteiger partial charge in [-0.1, -0.05) is 41.4 Å². The molecule has 6 heteroatoms. The van der Waals surface area contributed by atoms with E-state index in [1.807, 2.05) is 0 Å². The molecular formula is C15H13Cl2FN2S. The molecule has 0 amide bonds. The lowest BCUT2D eigenvalue weighted by Crippen LogP contribution is -2.30. The molecule has 0 unspecified atom stereocenters. The minimum Gasteiger partial charge on any atom is -0.348 e. The summed E-state index contributed by atoms with van der Waals surface area (Å²) in [6.07, 6.45) is 0. The molecule has 21 heavy (non-hydrogen) atoms. The highest BCUT2D eigenvalue weighted by Gasteiger charge is 2.09. The van der Waals surface area contributed by atoms with Crippen LogP contribution < -0.4 is 5.32 Å². The van der Waals surface area contributed by atoms with Crippen molar-refractivity contribution in [2.75, 3.05) is 12.4 Å². The van der Waals surface area contributed by atoms with Crippen LogP contribution in [0.2, 0.25) is 10.0 Å². The zero-order chi connectivity index (χ0) is 15.4. The van der Waals surface area contributed by atoms with E-state index in [0.717, 1.165) is 5.69 Å². The number of rotatable bonds is 3. The lowest BCUT2D eigenvalue weighted by molar-refractivity contribution is 0.486. The van der Waals surface area contributed by atoms with Gasteiger partial charge in [0.25, 0.3) is 0 Å². The van der Waals surface area contributed by atoms with E-state index in [1.54, 1.807) is 48.3 Å². The standard InChI is InChI=1S/C15H13Cl2FN2S/c1-20(9-10-4-2-3-5-14(10)18)15(21)19-11-6-7-12(16)13(17)8-11/h2-8H,9H2,1H3,(H,19,21). The van der Waals surface area contributed by atoms with Crippen LogP contribution in [0.25, 0.3) is 0 Å². The fourth-order valence-corrected chi connectivity index (χ4v) is 2.23. The van der Waals surface area contributed by atoms with Gasteiger partial charge in [-0.05, 0) is 36.5 Å². The molecule has 0 bridgehead atoms. The first-order valence-electron chi connectivity index (χ1n) is 6.18. The molecule has 0 aromatic heterocycles. The molecule has 0 radical (unpaired) electrons. The van der Waals surface area contributed by atoms with Gasteiger partial charge in [0.1, 0.15) is 5.82 Å². The fourth-order valence-electron chi connectivity index (χ4n) is 1.75. The Hall–Kier alpha value is -1.36. The van der Waals surface area contributed by atoms with Crippen LogP contribution in [0, 0.1) is 5.82 Å². The second-order valence-corrected chi connectivity index (χ2v) is 5.71. The summed E-state index contributed by atoms with van der Waals surface area (Å²) in [5, 5.41) is 4.44. The maximum absolute atomic E-state index is 13.6. The van der Waals surface area contributed by atoms with E-state index >= 15 is 0 Å². The van der Waals surface area contributed by atoms with Gasteiger partial charge in [-0.3, -0.25) is 0 Å². The van der Waals surface area contributed by atoms with E-state index in [-0.39, 0.29) is 5.82 Å². The molecule has 0 heterocycles. The van der Waals surface area contributed by atoms with Gasteiger partial charge in [-0.2, -0.15) is 0 Å². The first kappa shape index (κ1) is 16.0.